The first kappa shape index (κ1) is 16.4. The number of carbonyl (C=O) groups excluding carboxylic acids is 2. The number of halogens is 1. The van der Waals surface area contributed by atoms with Crippen molar-refractivity contribution < 1.29 is 23.9 Å². The number of aryl methyl sites for hydroxylation is 1. The van der Waals surface area contributed by atoms with E-state index in [1.807, 2.05) is 5.32 Å². The molecule has 0 aliphatic heterocycles. The molecule has 1 aromatic rings. The van der Waals surface area contributed by atoms with Crippen LogP contribution in [-0.4, -0.2) is 23.0 Å². The van der Waals surface area contributed by atoms with Gasteiger partial charge >= 0.3 is 12.0 Å². The Morgan fingerprint density at radius 3 is 2.33 bits per heavy atom. The SMILES string of the molecule is CC(C(=O)O)=C(C)C(=O)NC(=O)Nc1cc(C)ccc1F. The first-order valence-electron chi connectivity index (χ1n) is 6.01. The number of aliphatic carboxylic acids is 1. The largest absolute Gasteiger partial charge is 0.478 e. The predicted octanol–water partition coefficient (Wildman–Crippen LogP) is 2.20. The number of benzene rings is 1. The third-order valence-electron chi connectivity index (χ3n) is 2.82. The van der Waals surface area contributed by atoms with Crippen LogP contribution in [0.2, 0.25) is 0 Å². The summed E-state index contributed by atoms with van der Waals surface area (Å²) in [7, 11) is 0. The molecular weight excluding hydrogens is 279 g/mol. The number of imide groups is 1. The summed E-state index contributed by atoms with van der Waals surface area (Å²) in [6, 6.07) is 3.19. The smallest absolute Gasteiger partial charge is 0.331 e. The summed E-state index contributed by atoms with van der Waals surface area (Å²) in [5, 5.41) is 12.9. The minimum Gasteiger partial charge on any atom is -0.478 e. The molecule has 6 nitrogen and oxygen atoms in total. The summed E-state index contributed by atoms with van der Waals surface area (Å²) in [6.07, 6.45) is 0. The van der Waals surface area contributed by atoms with E-state index < -0.39 is 23.7 Å². The molecule has 0 saturated carbocycles. The highest BCUT2D eigenvalue weighted by atomic mass is 19.1. The summed E-state index contributed by atoms with van der Waals surface area (Å²) in [5.41, 5.74) is 0.372. The predicted molar refractivity (Wildman–Crippen MR) is 74.3 cm³/mol. The van der Waals surface area contributed by atoms with Crippen molar-refractivity contribution in [3.05, 3.63) is 40.7 Å². The number of rotatable bonds is 3. The lowest BCUT2D eigenvalue weighted by Gasteiger charge is -2.09. The summed E-state index contributed by atoms with van der Waals surface area (Å²) < 4.78 is 13.4. The van der Waals surface area contributed by atoms with E-state index in [9.17, 15) is 18.8 Å². The Hall–Kier alpha value is -2.70. The summed E-state index contributed by atoms with van der Waals surface area (Å²) in [5.74, 6) is -2.76. The van der Waals surface area contributed by atoms with Gasteiger partial charge in [0.05, 0.1) is 5.69 Å². The van der Waals surface area contributed by atoms with Crippen LogP contribution in [-0.2, 0) is 9.59 Å². The van der Waals surface area contributed by atoms with Crippen molar-refractivity contribution in [3.63, 3.8) is 0 Å². The average molecular weight is 294 g/mol. The van der Waals surface area contributed by atoms with Crippen LogP contribution in [0, 0.1) is 12.7 Å². The fourth-order valence-corrected chi connectivity index (χ4v) is 1.42. The Balaban J connectivity index is 2.79. The van der Waals surface area contributed by atoms with Crippen molar-refractivity contribution >= 4 is 23.6 Å². The van der Waals surface area contributed by atoms with Crippen LogP contribution in [0.3, 0.4) is 0 Å². The summed E-state index contributed by atoms with van der Waals surface area (Å²) in [4.78, 5) is 34.0. The molecule has 0 heterocycles. The van der Waals surface area contributed by atoms with Crippen LogP contribution in [0.1, 0.15) is 19.4 Å². The molecule has 0 fully saturated rings. The monoisotopic (exact) mass is 294 g/mol. The van der Waals surface area contributed by atoms with E-state index >= 15 is 0 Å². The third kappa shape index (κ3) is 4.41. The van der Waals surface area contributed by atoms with Crippen molar-refractivity contribution in [2.75, 3.05) is 5.32 Å². The Labute approximate surface area is 120 Å². The highest BCUT2D eigenvalue weighted by molar-refractivity contribution is 6.10. The van der Waals surface area contributed by atoms with Gasteiger partial charge in [-0.15, -0.1) is 0 Å². The first-order valence-corrected chi connectivity index (χ1v) is 6.01. The van der Waals surface area contributed by atoms with Gasteiger partial charge in [-0.25, -0.2) is 14.0 Å². The molecule has 0 saturated heterocycles. The normalized spacial score (nSPS) is 11.4. The van der Waals surface area contributed by atoms with Crippen LogP contribution in [0.4, 0.5) is 14.9 Å². The van der Waals surface area contributed by atoms with Gasteiger partial charge in [-0.1, -0.05) is 6.07 Å². The van der Waals surface area contributed by atoms with Gasteiger partial charge in [0.2, 0.25) is 0 Å². The molecule has 0 bridgehead atoms. The zero-order chi connectivity index (χ0) is 16.2. The molecule has 0 aliphatic carbocycles. The lowest BCUT2D eigenvalue weighted by molar-refractivity contribution is -0.133. The van der Waals surface area contributed by atoms with Gasteiger partial charge in [0.25, 0.3) is 5.91 Å². The summed E-state index contributed by atoms with van der Waals surface area (Å²) >= 11 is 0. The van der Waals surface area contributed by atoms with Crippen molar-refractivity contribution in [1.82, 2.24) is 5.32 Å². The molecule has 7 heteroatoms. The van der Waals surface area contributed by atoms with E-state index in [1.165, 1.54) is 32.0 Å². The van der Waals surface area contributed by atoms with E-state index in [1.54, 1.807) is 6.92 Å². The molecule has 3 N–H and O–H groups in total. The first-order chi connectivity index (χ1) is 9.72. The minimum atomic E-state index is -1.26. The van der Waals surface area contributed by atoms with Gasteiger partial charge < -0.3 is 10.4 Å². The van der Waals surface area contributed by atoms with Gasteiger partial charge in [-0.3, -0.25) is 10.1 Å². The van der Waals surface area contributed by atoms with Gasteiger partial charge in [0.15, 0.2) is 0 Å². The molecule has 0 atom stereocenters. The lowest BCUT2D eigenvalue weighted by Crippen LogP contribution is -2.35. The zero-order valence-corrected chi connectivity index (χ0v) is 11.8. The van der Waals surface area contributed by atoms with Gasteiger partial charge in [-0.05, 0) is 38.5 Å². The highest BCUT2D eigenvalue weighted by Gasteiger charge is 2.16. The van der Waals surface area contributed by atoms with Gasteiger partial charge in [0.1, 0.15) is 5.82 Å². The van der Waals surface area contributed by atoms with Gasteiger partial charge in [0, 0.05) is 11.1 Å². The number of carbonyl (C=O) groups is 3. The molecule has 0 unspecified atom stereocenters. The molecule has 1 rings (SSSR count). The number of nitrogens with one attached hydrogen (secondary N) is 2. The van der Waals surface area contributed by atoms with Crippen molar-refractivity contribution in [3.8, 4) is 0 Å². The molecule has 0 radical (unpaired) electrons. The fourth-order valence-electron chi connectivity index (χ4n) is 1.42. The standard InChI is InChI=1S/C14H15FN2O4/c1-7-4-5-10(15)11(6-7)16-14(21)17-12(18)8(2)9(3)13(19)20/h4-6H,1-3H3,(H,19,20)(H2,16,17,18,21). The average Bonchev–Trinajstić information content (AvgIpc) is 2.40. The molecule has 21 heavy (non-hydrogen) atoms. The number of carboxylic acids is 1. The molecule has 112 valence electrons. The number of carboxylic acid groups (broad SMARTS) is 1. The second-order valence-electron chi connectivity index (χ2n) is 4.45. The number of urea groups is 1. The van der Waals surface area contributed by atoms with Crippen LogP contribution in [0.5, 0.6) is 0 Å². The maximum Gasteiger partial charge on any atom is 0.331 e. The summed E-state index contributed by atoms with van der Waals surface area (Å²) in [6.45, 7) is 4.24. The van der Waals surface area contributed by atoms with Crippen molar-refractivity contribution in [2.24, 2.45) is 0 Å². The molecule has 0 spiro atoms. The quantitative estimate of drug-likeness (QED) is 0.745. The van der Waals surface area contributed by atoms with Crippen LogP contribution >= 0.6 is 0 Å². The second-order valence-corrected chi connectivity index (χ2v) is 4.45. The van der Waals surface area contributed by atoms with Gasteiger partial charge in [-0.2, -0.15) is 0 Å². The van der Waals surface area contributed by atoms with Crippen molar-refractivity contribution in [2.45, 2.75) is 20.8 Å². The maximum absolute atomic E-state index is 13.4. The number of amides is 3. The topological polar surface area (TPSA) is 95.5 Å². The highest BCUT2D eigenvalue weighted by Crippen LogP contribution is 2.15. The number of anilines is 1. The minimum absolute atomic E-state index is 0.0723. The van der Waals surface area contributed by atoms with E-state index in [0.717, 1.165) is 5.56 Å². The molecule has 0 aromatic heterocycles. The number of hydrogen-bond donors (Lipinski definition) is 3. The lowest BCUT2D eigenvalue weighted by atomic mass is 10.1. The van der Waals surface area contributed by atoms with Crippen LogP contribution < -0.4 is 10.6 Å². The Bertz CT molecular complexity index is 638. The Kier molecular flexibility index (Phi) is 5.18. The second kappa shape index (κ2) is 6.65. The third-order valence-corrected chi connectivity index (χ3v) is 2.82. The van der Waals surface area contributed by atoms with Crippen LogP contribution in [0.15, 0.2) is 29.3 Å². The molecule has 1 aromatic carbocycles. The maximum atomic E-state index is 13.4. The molecule has 3 amide bonds. The number of hydrogen-bond acceptors (Lipinski definition) is 3. The fraction of sp³-hybridized carbons (Fsp3) is 0.214. The Morgan fingerprint density at radius 2 is 1.76 bits per heavy atom. The van der Waals surface area contributed by atoms with E-state index in [4.69, 9.17) is 5.11 Å². The Morgan fingerprint density at radius 1 is 1.14 bits per heavy atom. The molecular formula is C14H15FN2O4. The van der Waals surface area contributed by atoms with E-state index in [0.29, 0.717) is 0 Å². The molecule has 0 aliphatic rings. The zero-order valence-electron chi connectivity index (χ0n) is 11.8. The van der Waals surface area contributed by atoms with Crippen molar-refractivity contribution in [1.29, 1.82) is 0 Å². The van der Waals surface area contributed by atoms with Crippen LogP contribution in [0.25, 0.3) is 0 Å². The van der Waals surface area contributed by atoms with E-state index in [-0.39, 0.29) is 16.8 Å². The van der Waals surface area contributed by atoms with E-state index in [2.05, 4.69) is 5.32 Å².